The van der Waals surface area contributed by atoms with Gasteiger partial charge >= 0.3 is 0 Å². The van der Waals surface area contributed by atoms with Crippen molar-refractivity contribution in [1.82, 2.24) is 4.98 Å². The SMILES string of the molecule is CCCCc1ccncc1C=O. The summed E-state index contributed by atoms with van der Waals surface area (Å²) in [6.45, 7) is 2.14. The molecule has 0 aromatic carbocycles. The van der Waals surface area contributed by atoms with Crippen molar-refractivity contribution in [2.24, 2.45) is 0 Å². The predicted molar refractivity (Wildman–Crippen MR) is 48.2 cm³/mol. The van der Waals surface area contributed by atoms with Crippen LogP contribution in [0.2, 0.25) is 0 Å². The molecule has 0 atom stereocenters. The third-order valence-electron chi connectivity index (χ3n) is 1.87. The lowest BCUT2D eigenvalue weighted by atomic mass is 10.1. The first-order valence-corrected chi connectivity index (χ1v) is 4.26. The summed E-state index contributed by atoms with van der Waals surface area (Å²) in [7, 11) is 0. The Hall–Kier alpha value is -1.18. The topological polar surface area (TPSA) is 30.0 Å². The van der Waals surface area contributed by atoms with Gasteiger partial charge in [-0.2, -0.15) is 0 Å². The molecule has 64 valence electrons. The number of unbranched alkanes of at least 4 members (excludes halogenated alkanes) is 1. The molecule has 0 spiro atoms. The third-order valence-corrected chi connectivity index (χ3v) is 1.87. The average Bonchev–Trinajstić information content (AvgIpc) is 2.15. The van der Waals surface area contributed by atoms with Crippen LogP contribution in [-0.4, -0.2) is 11.3 Å². The maximum absolute atomic E-state index is 10.6. The summed E-state index contributed by atoms with van der Waals surface area (Å²) in [5.41, 5.74) is 1.84. The second kappa shape index (κ2) is 4.65. The summed E-state index contributed by atoms with van der Waals surface area (Å²) in [6, 6.07) is 1.92. The minimum atomic E-state index is 0.728. The Labute approximate surface area is 72.6 Å². The normalized spacial score (nSPS) is 9.75. The number of carbonyl (C=O) groups excluding carboxylic acids is 1. The number of hydrogen-bond donors (Lipinski definition) is 0. The summed E-state index contributed by atoms with van der Waals surface area (Å²) in [4.78, 5) is 14.4. The Balaban J connectivity index is 2.75. The van der Waals surface area contributed by atoms with Crippen LogP contribution in [0.15, 0.2) is 18.5 Å². The van der Waals surface area contributed by atoms with Crippen molar-refractivity contribution in [3.8, 4) is 0 Å². The zero-order valence-corrected chi connectivity index (χ0v) is 7.29. The van der Waals surface area contributed by atoms with Gasteiger partial charge in [0.25, 0.3) is 0 Å². The third kappa shape index (κ3) is 2.16. The van der Waals surface area contributed by atoms with Crippen LogP contribution >= 0.6 is 0 Å². The maximum atomic E-state index is 10.6. The van der Waals surface area contributed by atoms with E-state index in [1.54, 1.807) is 12.4 Å². The highest BCUT2D eigenvalue weighted by Gasteiger charge is 1.98. The van der Waals surface area contributed by atoms with Crippen molar-refractivity contribution in [3.05, 3.63) is 29.6 Å². The van der Waals surface area contributed by atoms with E-state index in [4.69, 9.17) is 0 Å². The average molecular weight is 163 g/mol. The predicted octanol–water partition coefficient (Wildman–Crippen LogP) is 2.24. The minimum absolute atomic E-state index is 0.728. The maximum Gasteiger partial charge on any atom is 0.151 e. The lowest BCUT2D eigenvalue weighted by Gasteiger charge is -2.01. The van der Waals surface area contributed by atoms with Crippen molar-refractivity contribution in [3.63, 3.8) is 0 Å². The van der Waals surface area contributed by atoms with Crippen LogP contribution in [0.3, 0.4) is 0 Å². The van der Waals surface area contributed by atoms with E-state index in [2.05, 4.69) is 11.9 Å². The Morgan fingerprint density at radius 3 is 3.08 bits per heavy atom. The molecule has 2 heteroatoms. The number of pyridine rings is 1. The number of aromatic nitrogens is 1. The van der Waals surface area contributed by atoms with Gasteiger partial charge in [0.1, 0.15) is 0 Å². The van der Waals surface area contributed by atoms with Gasteiger partial charge < -0.3 is 0 Å². The van der Waals surface area contributed by atoms with E-state index in [1.807, 2.05) is 6.07 Å². The lowest BCUT2D eigenvalue weighted by Crippen LogP contribution is -1.93. The first-order chi connectivity index (χ1) is 5.88. The summed E-state index contributed by atoms with van der Waals surface area (Å²) in [5.74, 6) is 0. The molecule has 0 aliphatic heterocycles. The fourth-order valence-corrected chi connectivity index (χ4v) is 1.14. The van der Waals surface area contributed by atoms with Crippen LogP contribution in [0, 0.1) is 0 Å². The van der Waals surface area contributed by atoms with E-state index in [0.717, 1.165) is 36.7 Å². The first kappa shape index (κ1) is 8.91. The van der Waals surface area contributed by atoms with Crippen molar-refractivity contribution in [2.75, 3.05) is 0 Å². The van der Waals surface area contributed by atoms with Gasteiger partial charge in [-0.15, -0.1) is 0 Å². The molecule has 0 radical (unpaired) electrons. The fraction of sp³-hybridized carbons (Fsp3) is 0.400. The van der Waals surface area contributed by atoms with Gasteiger partial charge in [0.15, 0.2) is 6.29 Å². The monoisotopic (exact) mass is 163 g/mol. The van der Waals surface area contributed by atoms with Crippen LogP contribution in [0.1, 0.15) is 35.7 Å². The smallest absolute Gasteiger partial charge is 0.151 e. The molecule has 1 aromatic rings. The number of rotatable bonds is 4. The molecule has 0 aliphatic rings. The molecule has 0 amide bonds. The van der Waals surface area contributed by atoms with Crippen LogP contribution in [-0.2, 0) is 6.42 Å². The molecule has 0 N–H and O–H groups in total. The van der Waals surface area contributed by atoms with Gasteiger partial charge in [-0.05, 0) is 24.5 Å². The highest BCUT2D eigenvalue weighted by Crippen LogP contribution is 2.07. The Kier molecular flexibility index (Phi) is 3.45. The van der Waals surface area contributed by atoms with E-state index < -0.39 is 0 Å². The lowest BCUT2D eigenvalue weighted by molar-refractivity contribution is 0.112. The fourth-order valence-electron chi connectivity index (χ4n) is 1.14. The first-order valence-electron chi connectivity index (χ1n) is 4.26. The highest BCUT2D eigenvalue weighted by atomic mass is 16.1. The van der Waals surface area contributed by atoms with Crippen LogP contribution < -0.4 is 0 Å². The number of nitrogens with zero attached hydrogens (tertiary/aromatic N) is 1. The van der Waals surface area contributed by atoms with Gasteiger partial charge in [0.2, 0.25) is 0 Å². The molecule has 12 heavy (non-hydrogen) atoms. The summed E-state index contributed by atoms with van der Waals surface area (Å²) in [6.07, 6.45) is 7.49. The van der Waals surface area contributed by atoms with E-state index in [0.29, 0.717) is 0 Å². The molecule has 0 fully saturated rings. The standard InChI is InChI=1S/C10H13NO/c1-2-3-4-9-5-6-11-7-10(9)8-12/h5-8H,2-4H2,1H3. The number of aldehydes is 1. The van der Waals surface area contributed by atoms with Crippen LogP contribution in [0.25, 0.3) is 0 Å². The van der Waals surface area contributed by atoms with Crippen molar-refractivity contribution in [1.29, 1.82) is 0 Å². The molecule has 2 nitrogen and oxygen atoms in total. The zero-order chi connectivity index (χ0) is 8.81. The largest absolute Gasteiger partial charge is 0.298 e. The van der Waals surface area contributed by atoms with Crippen LogP contribution in [0.4, 0.5) is 0 Å². The summed E-state index contributed by atoms with van der Waals surface area (Å²) in [5, 5.41) is 0. The Morgan fingerprint density at radius 2 is 2.42 bits per heavy atom. The molecule has 0 bridgehead atoms. The molecule has 1 heterocycles. The van der Waals surface area contributed by atoms with Gasteiger partial charge in [-0.1, -0.05) is 13.3 Å². The number of aryl methyl sites for hydroxylation is 1. The summed E-state index contributed by atoms with van der Waals surface area (Å²) >= 11 is 0. The van der Waals surface area contributed by atoms with Gasteiger partial charge in [-0.3, -0.25) is 9.78 Å². The molecule has 1 rings (SSSR count). The van der Waals surface area contributed by atoms with Gasteiger partial charge in [-0.25, -0.2) is 0 Å². The van der Waals surface area contributed by atoms with E-state index in [-0.39, 0.29) is 0 Å². The molecular weight excluding hydrogens is 150 g/mol. The molecule has 0 saturated heterocycles. The van der Waals surface area contributed by atoms with E-state index in [1.165, 1.54) is 0 Å². The second-order valence-electron chi connectivity index (χ2n) is 2.80. The second-order valence-corrected chi connectivity index (χ2v) is 2.80. The van der Waals surface area contributed by atoms with Crippen molar-refractivity contribution >= 4 is 6.29 Å². The number of hydrogen-bond acceptors (Lipinski definition) is 2. The van der Waals surface area contributed by atoms with Crippen LogP contribution in [0.5, 0.6) is 0 Å². The van der Waals surface area contributed by atoms with Gasteiger partial charge in [0.05, 0.1) is 0 Å². The highest BCUT2D eigenvalue weighted by molar-refractivity contribution is 5.76. The molecule has 0 unspecified atom stereocenters. The summed E-state index contributed by atoms with van der Waals surface area (Å²) < 4.78 is 0. The van der Waals surface area contributed by atoms with Gasteiger partial charge in [0, 0.05) is 18.0 Å². The van der Waals surface area contributed by atoms with E-state index in [9.17, 15) is 4.79 Å². The molecule has 0 aliphatic carbocycles. The molecule has 0 saturated carbocycles. The molecule has 1 aromatic heterocycles. The minimum Gasteiger partial charge on any atom is -0.298 e. The Morgan fingerprint density at radius 1 is 1.58 bits per heavy atom. The zero-order valence-electron chi connectivity index (χ0n) is 7.29. The Bertz CT molecular complexity index is 258. The number of carbonyl (C=O) groups is 1. The molecular formula is C10H13NO. The van der Waals surface area contributed by atoms with Crippen molar-refractivity contribution in [2.45, 2.75) is 26.2 Å². The van der Waals surface area contributed by atoms with Crippen molar-refractivity contribution < 1.29 is 4.79 Å². The van der Waals surface area contributed by atoms with E-state index >= 15 is 0 Å². The quantitative estimate of drug-likeness (QED) is 0.637.